The highest BCUT2D eigenvalue weighted by Gasteiger charge is 2.17. The minimum atomic E-state index is -3.77. The fraction of sp³-hybridized carbons (Fsp3) is 0.154. The maximum Gasteiger partial charge on any atom is 0.279 e. The Bertz CT molecular complexity index is 733. The number of methoxy groups -OCH3 is 1. The lowest BCUT2D eigenvalue weighted by Gasteiger charge is -2.11. The normalized spacial score (nSPS) is 11.2. The molecule has 0 fully saturated rings. The average molecular weight is 372 g/mol. The van der Waals surface area contributed by atoms with Crippen molar-refractivity contribution in [3.63, 3.8) is 0 Å². The Kier molecular flexibility index (Phi) is 4.81. The van der Waals surface area contributed by atoms with Crippen molar-refractivity contribution in [3.05, 3.63) is 46.6 Å². The van der Waals surface area contributed by atoms with Crippen molar-refractivity contribution in [2.45, 2.75) is 11.6 Å². The predicted octanol–water partition coefficient (Wildman–Crippen LogP) is 2.11. The Morgan fingerprint density at radius 3 is 2.67 bits per heavy atom. The van der Waals surface area contributed by atoms with Crippen molar-refractivity contribution in [1.82, 2.24) is 4.98 Å². The van der Waals surface area contributed by atoms with E-state index in [-0.39, 0.29) is 5.03 Å². The Hall–Kier alpha value is -1.64. The van der Waals surface area contributed by atoms with Gasteiger partial charge in [-0.1, -0.05) is 6.07 Å². The summed E-state index contributed by atoms with van der Waals surface area (Å²) in [6.07, 6.45) is 1.44. The molecule has 0 bridgehead atoms. The minimum Gasteiger partial charge on any atom is -0.497 e. The van der Waals surface area contributed by atoms with Crippen LogP contribution in [0.5, 0.6) is 5.75 Å². The van der Waals surface area contributed by atoms with Gasteiger partial charge in [-0.25, -0.2) is 4.98 Å². The van der Waals surface area contributed by atoms with Gasteiger partial charge in [-0.05, 0) is 39.7 Å². The number of benzene rings is 1. The number of hydrogen-bond donors (Lipinski definition) is 2. The molecule has 1 heterocycles. The summed E-state index contributed by atoms with van der Waals surface area (Å²) in [6, 6.07) is 8.04. The van der Waals surface area contributed by atoms with E-state index in [1.165, 1.54) is 19.4 Å². The molecule has 0 saturated carbocycles. The zero-order chi connectivity index (χ0) is 15.5. The Labute approximate surface area is 131 Å². The van der Waals surface area contributed by atoms with Crippen LogP contribution in [0.25, 0.3) is 0 Å². The molecule has 0 amide bonds. The molecule has 0 unspecified atom stereocenters. The fourth-order valence-electron chi connectivity index (χ4n) is 1.60. The number of sulfonamides is 1. The van der Waals surface area contributed by atoms with Crippen LogP contribution >= 0.6 is 15.9 Å². The van der Waals surface area contributed by atoms with E-state index in [4.69, 9.17) is 10.5 Å². The summed E-state index contributed by atoms with van der Waals surface area (Å²) in [7, 11) is -2.26. The lowest BCUT2D eigenvalue weighted by molar-refractivity contribution is 0.415. The fourth-order valence-corrected chi connectivity index (χ4v) is 3.08. The highest BCUT2D eigenvalue weighted by atomic mass is 79.9. The lowest BCUT2D eigenvalue weighted by atomic mass is 10.3. The van der Waals surface area contributed by atoms with Crippen LogP contribution in [-0.4, -0.2) is 20.5 Å². The van der Waals surface area contributed by atoms with Gasteiger partial charge in [0.15, 0.2) is 5.03 Å². The first-order valence-electron chi connectivity index (χ1n) is 5.97. The van der Waals surface area contributed by atoms with Crippen LogP contribution in [0, 0.1) is 0 Å². The van der Waals surface area contributed by atoms with Gasteiger partial charge in [0, 0.05) is 23.3 Å². The summed E-state index contributed by atoms with van der Waals surface area (Å²) in [5.41, 5.74) is 6.59. The number of nitrogens with one attached hydrogen (secondary N) is 1. The lowest BCUT2D eigenvalue weighted by Crippen LogP contribution is -2.15. The molecule has 0 radical (unpaired) electrons. The van der Waals surface area contributed by atoms with Gasteiger partial charge in [0.2, 0.25) is 0 Å². The summed E-state index contributed by atoms with van der Waals surface area (Å²) in [5.74, 6) is 0.544. The van der Waals surface area contributed by atoms with E-state index in [1.54, 1.807) is 24.3 Å². The largest absolute Gasteiger partial charge is 0.497 e. The monoisotopic (exact) mass is 371 g/mol. The van der Waals surface area contributed by atoms with Gasteiger partial charge in [-0.3, -0.25) is 4.72 Å². The molecule has 0 aliphatic rings. The summed E-state index contributed by atoms with van der Waals surface area (Å²) in [6.45, 7) is 0.308. The average Bonchev–Trinajstić information content (AvgIpc) is 2.49. The second-order valence-corrected chi connectivity index (χ2v) is 6.64. The summed E-state index contributed by atoms with van der Waals surface area (Å²) < 4.78 is 32.7. The number of nitrogens with two attached hydrogens (primary N) is 1. The SMILES string of the molecule is COc1ccc(Br)c(NS(=O)(=O)c2ccc(CN)cn2)c1. The second kappa shape index (κ2) is 6.42. The molecule has 21 heavy (non-hydrogen) atoms. The van der Waals surface area contributed by atoms with Crippen LogP contribution < -0.4 is 15.2 Å². The van der Waals surface area contributed by atoms with E-state index >= 15 is 0 Å². The van der Waals surface area contributed by atoms with E-state index in [2.05, 4.69) is 25.6 Å². The molecule has 112 valence electrons. The summed E-state index contributed by atoms with van der Waals surface area (Å²) in [4.78, 5) is 3.91. The highest BCUT2D eigenvalue weighted by molar-refractivity contribution is 9.10. The molecule has 3 N–H and O–H groups in total. The van der Waals surface area contributed by atoms with Gasteiger partial charge >= 0.3 is 0 Å². The van der Waals surface area contributed by atoms with E-state index in [0.29, 0.717) is 22.5 Å². The van der Waals surface area contributed by atoms with E-state index < -0.39 is 10.0 Å². The number of hydrogen-bond acceptors (Lipinski definition) is 5. The molecular weight excluding hydrogens is 358 g/mol. The molecule has 0 atom stereocenters. The zero-order valence-corrected chi connectivity index (χ0v) is 13.6. The topological polar surface area (TPSA) is 94.3 Å². The van der Waals surface area contributed by atoms with Crippen LogP contribution in [0.1, 0.15) is 5.56 Å². The smallest absolute Gasteiger partial charge is 0.279 e. The Balaban J connectivity index is 2.32. The van der Waals surface area contributed by atoms with Crippen molar-refractivity contribution in [2.24, 2.45) is 5.73 Å². The van der Waals surface area contributed by atoms with Crippen molar-refractivity contribution < 1.29 is 13.2 Å². The van der Waals surface area contributed by atoms with Crippen molar-refractivity contribution in [2.75, 3.05) is 11.8 Å². The number of nitrogens with zero attached hydrogens (tertiary/aromatic N) is 1. The third-order valence-electron chi connectivity index (χ3n) is 2.73. The van der Waals surface area contributed by atoms with Crippen molar-refractivity contribution in [1.29, 1.82) is 0 Å². The van der Waals surface area contributed by atoms with Gasteiger partial charge in [0.05, 0.1) is 12.8 Å². The Morgan fingerprint density at radius 2 is 2.10 bits per heavy atom. The third kappa shape index (κ3) is 3.72. The van der Waals surface area contributed by atoms with Crippen molar-refractivity contribution >= 4 is 31.6 Å². The molecule has 2 rings (SSSR count). The number of halogens is 1. The van der Waals surface area contributed by atoms with Crippen LogP contribution in [0.3, 0.4) is 0 Å². The van der Waals surface area contributed by atoms with Crippen molar-refractivity contribution in [3.8, 4) is 5.75 Å². The van der Waals surface area contributed by atoms with E-state index in [1.807, 2.05) is 0 Å². The molecule has 0 spiro atoms. The molecule has 1 aromatic carbocycles. The highest BCUT2D eigenvalue weighted by Crippen LogP contribution is 2.28. The predicted molar refractivity (Wildman–Crippen MR) is 83.6 cm³/mol. The quantitative estimate of drug-likeness (QED) is 0.839. The maximum atomic E-state index is 12.3. The molecule has 2 aromatic rings. The standard InChI is InChI=1S/C13H14BrN3O3S/c1-20-10-3-4-11(14)12(6-10)17-21(18,19)13-5-2-9(7-15)8-16-13/h2-6,8,17H,7,15H2,1H3. The maximum absolute atomic E-state index is 12.3. The number of rotatable bonds is 5. The van der Waals surface area contributed by atoms with E-state index in [9.17, 15) is 8.42 Å². The van der Waals surface area contributed by atoms with Gasteiger partial charge in [0.25, 0.3) is 10.0 Å². The first-order valence-corrected chi connectivity index (χ1v) is 8.25. The molecular formula is C13H14BrN3O3S. The molecule has 1 aromatic heterocycles. The van der Waals surface area contributed by atoms with Crippen LogP contribution in [-0.2, 0) is 16.6 Å². The van der Waals surface area contributed by atoms with Crippen LogP contribution in [0.4, 0.5) is 5.69 Å². The van der Waals surface area contributed by atoms with Gasteiger partial charge < -0.3 is 10.5 Å². The van der Waals surface area contributed by atoms with Gasteiger partial charge in [-0.2, -0.15) is 8.42 Å². The first-order chi connectivity index (χ1) is 9.96. The second-order valence-electron chi connectivity index (χ2n) is 4.16. The van der Waals surface area contributed by atoms with Crippen LogP contribution in [0.2, 0.25) is 0 Å². The van der Waals surface area contributed by atoms with Crippen LogP contribution in [0.15, 0.2) is 46.0 Å². The number of anilines is 1. The summed E-state index contributed by atoms with van der Waals surface area (Å²) >= 11 is 3.29. The minimum absolute atomic E-state index is 0.0746. The number of aromatic nitrogens is 1. The zero-order valence-electron chi connectivity index (χ0n) is 11.2. The molecule has 0 aliphatic heterocycles. The number of ether oxygens (including phenoxy) is 1. The van der Waals surface area contributed by atoms with Gasteiger partial charge in [-0.15, -0.1) is 0 Å². The van der Waals surface area contributed by atoms with E-state index in [0.717, 1.165) is 5.56 Å². The molecule has 8 heteroatoms. The molecule has 0 aliphatic carbocycles. The molecule has 6 nitrogen and oxygen atoms in total. The Morgan fingerprint density at radius 1 is 1.33 bits per heavy atom. The number of pyridine rings is 1. The summed E-state index contributed by atoms with van der Waals surface area (Å²) in [5, 5.41) is -0.0746. The third-order valence-corrected chi connectivity index (χ3v) is 4.70. The first kappa shape index (κ1) is 15.7. The molecule has 0 saturated heterocycles. The van der Waals surface area contributed by atoms with Gasteiger partial charge in [0.1, 0.15) is 5.75 Å².